The first-order valence-corrected chi connectivity index (χ1v) is 6.30. The van der Waals surface area contributed by atoms with E-state index in [2.05, 4.69) is 29.1 Å². The third kappa shape index (κ3) is 1.96. The van der Waals surface area contributed by atoms with Gasteiger partial charge in [0.1, 0.15) is 12.4 Å². The highest BCUT2D eigenvalue weighted by Crippen LogP contribution is 2.35. The van der Waals surface area contributed by atoms with Crippen LogP contribution in [0, 0.1) is 0 Å². The number of nitrogens with one attached hydrogen (secondary N) is 1. The van der Waals surface area contributed by atoms with Crippen molar-refractivity contribution in [3.63, 3.8) is 0 Å². The Morgan fingerprint density at radius 1 is 1.47 bits per heavy atom. The van der Waals surface area contributed by atoms with E-state index in [1.54, 1.807) is 0 Å². The second-order valence-corrected chi connectivity index (χ2v) is 5.10. The monoisotopic (exact) mass is 259 g/mol. The Morgan fingerprint density at radius 2 is 2.32 bits per heavy atom. The summed E-state index contributed by atoms with van der Waals surface area (Å²) >= 11 is 0. The predicted octanol–water partition coefficient (Wildman–Crippen LogP) is 1.84. The van der Waals surface area contributed by atoms with Crippen LogP contribution >= 0.6 is 0 Å². The Balaban J connectivity index is 2.16. The van der Waals surface area contributed by atoms with Gasteiger partial charge in [-0.1, -0.05) is 5.16 Å². The van der Waals surface area contributed by atoms with E-state index in [0.717, 1.165) is 28.6 Å². The fraction of sp³-hybridized carbons (Fsp3) is 0.357. The van der Waals surface area contributed by atoms with Crippen LogP contribution in [-0.4, -0.2) is 48.0 Å². The Kier molecular flexibility index (Phi) is 2.91. The molecule has 0 saturated carbocycles. The standard InChI is InChI=1S/C14H17N3O2/c1-17(2)11-5-10-6-15-12-4-3-9(7-16-18)14(13(10)12)19-8-11/h3-4,6-7,11,15,18H,5,8H2,1-2H3/b16-7+. The summed E-state index contributed by atoms with van der Waals surface area (Å²) in [5.74, 6) is 0.802. The van der Waals surface area contributed by atoms with Gasteiger partial charge in [0.2, 0.25) is 0 Å². The van der Waals surface area contributed by atoms with Gasteiger partial charge in [0.15, 0.2) is 0 Å². The van der Waals surface area contributed by atoms with E-state index >= 15 is 0 Å². The molecule has 0 spiro atoms. The van der Waals surface area contributed by atoms with Gasteiger partial charge in [-0.15, -0.1) is 0 Å². The van der Waals surface area contributed by atoms with Crippen molar-refractivity contribution in [2.75, 3.05) is 20.7 Å². The normalized spacial score (nSPS) is 19.0. The zero-order valence-electron chi connectivity index (χ0n) is 11.1. The maximum Gasteiger partial charge on any atom is 0.137 e. The molecular weight excluding hydrogens is 242 g/mol. The number of rotatable bonds is 2. The predicted molar refractivity (Wildman–Crippen MR) is 74.4 cm³/mol. The second-order valence-electron chi connectivity index (χ2n) is 5.10. The second kappa shape index (κ2) is 4.59. The number of aromatic amines is 1. The number of aromatic nitrogens is 1. The van der Waals surface area contributed by atoms with Gasteiger partial charge in [0, 0.05) is 28.7 Å². The first-order valence-electron chi connectivity index (χ1n) is 6.30. The van der Waals surface area contributed by atoms with Crippen LogP contribution in [-0.2, 0) is 6.42 Å². The molecule has 0 amide bonds. The van der Waals surface area contributed by atoms with Crippen LogP contribution in [0.4, 0.5) is 0 Å². The number of H-pyrrole nitrogens is 1. The molecule has 0 bridgehead atoms. The van der Waals surface area contributed by atoms with Crippen molar-refractivity contribution in [2.45, 2.75) is 12.5 Å². The zero-order valence-corrected chi connectivity index (χ0v) is 11.1. The van der Waals surface area contributed by atoms with E-state index in [-0.39, 0.29) is 0 Å². The smallest absolute Gasteiger partial charge is 0.137 e. The van der Waals surface area contributed by atoms with Crippen LogP contribution in [0.3, 0.4) is 0 Å². The molecule has 2 N–H and O–H groups in total. The number of oxime groups is 1. The van der Waals surface area contributed by atoms with Crippen LogP contribution in [0.15, 0.2) is 23.5 Å². The molecule has 1 aliphatic rings. The minimum atomic E-state index is 0.338. The number of ether oxygens (including phenoxy) is 1. The van der Waals surface area contributed by atoms with E-state index in [4.69, 9.17) is 9.94 Å². The molecule has 5 heteroatoms. The number of benzene rings is 1. The number of nitrogens with zero attached hydrogens (tertiary/aromatic N) is 2. The highest BCUT2D eigenvalue weighted by Gasteiger charge is 2.23. The molecule has 3 rings (SSSR count). The molecule has 1 aliphatic heterocycles. The molecule has 2 aromatic rings. The molecular formula is C14H17N3O2. The van der Waals surface area contributed by atoms with Crippen molar-refractivity contribution in [1.29, 1.82) is 0 Å². The maximum atomic E-state index is 8.76. The fourth-order valence-electron chi connectivity index (χ4n) is 2.58. The topological polar surface area (TPSA) is 60.9 Å². The molecule has 1 aromatic carbocycles. The average Bonchev–Trinajstić information content (AvgIpc) is 2.67. The highest BCUT2D eigenvalue weighted by molar-refractivity contribution is 5.98. The third-order valence-electron chi connectivity index (χ3n) is 3.71. The van der Waals surface area contributed by atoms with E-state index in [1.807, 2.05) is 18.3 Å². The summed E-state index contributed by atoms with van der Waals surface area (Å²) in [7, 11) is 4.12. The molecule has 0 fully saturated rings. The number of likely N-dealkylation sites (N-methyl/N-ethyl adjacent to an activating group) is 1. The molecule has 0 saturated heterocycles. The maximum absolute atomic E-state index is 8.76. The molecule has 5 nitrogen and oxygen atoms in total. The quantitative estimate of drug-likeness (QED) is 0.491. The van der Waals surface area contributed by atoms with Crippen molar-refractivity contribution in [3.8, 4) is 5.75 Å². The van der Waals surface area contributed by atoms with E-state index in [9.17, 15) is 0 Å². The molecule has 100 valence electrons. The Bertz CT molecular complexity index is 631. The van der Waals surface area contributed by atoms with Gasteiger partial charge in [-0.05, 0) is 38.2 Å². The summed E-state index contributed by atoms with van der Waals surface area (Å²) < 4.78 is 5.97. The van der Waals surface area contributed by atoms with Crippen molar-refractivity contribution in [2.24, 2.45) is 5.16 Å². The van der Waals surface area contributed by atoms with Gasteiger partial charge in [-0.3, -0.25) is 0 Å². The fourth-order valence-corrected chi connectivity index (χ4v) is 2.58. The van der Waals surface area contributed by atoms with Gasteiger partial charge in [0.25, 0.3) is 0 Å². The summed E-state index contributed by atoms with van der Waals surface area (Å²) in [4.78, 5) is 5.44. The lowest BCUT2D eigenvalue weighted by Gasteiger charge is -2.22. The van der Waals surface area contributed by atoms with Crippen molar-refractivity contribution in [3.05, 3.63) is 29.5 Å². The third-order valence-corrected chi connectivity index (χ3v) is 3.71. The van der Waals surface area contributed by atoms with Crippen LogP contribution < -0.4 is 4.74 Å². The summed E-state index contributed by atoms with van der Waals surface area (Å²) in [5.41, 5.74) is 3.10. The average molecular weight is 259 g/mol. The minimum absolute atomic E-state index is 0.338. The van der Waals surface area contributed by atoms with Crippen LogP contribution in [0.2, 0.25) is 0 Å². The Morgan fingerprint density at radius 3 is 3.05 bits per heavy atom. The Hall–Kier alpha value is -2.01. The van der Waals surface area contributed by atoms with Gasteiger partial charge < -0.3 is 19.8 Å². The number of hydrogen-bond acceptors (Lipinski definition) is 4. The van der Waals surface area contributed by atoms with Crippen molar-refractivity contribution >= 4 is 17.1 Å². The lowest BCUT2D eigenvalue weighted by atomic mass is 10.0. The van der Waals surface area contributed by atoms with Gasteiger partial charge >= 0.3 is 0 Å². The molecule has 2 heterocycles. The van der Waals surface area contributed by atoms with E-state index in [1.165, 1.54) is 11.8 Å². The summed E-state index contributed by atoms with van der Waals surface area (Å²) in [5, 5.41) is 13.0. The van der Waals surface area contributed by atoms with Crippen molar-refractivity contribution in [1.82, 2.24) is 9.88 Å². The SMILES string of the molecule is CN(C)C1COc2c(/C=N/O)ccc3[nH]cc(c23)C1. The van der Waals surface area contributed by atoms with Crippen molar-refractivity contribution < 1.29 is 9.94 Å². The van der Waals surface area contributed by atoms with E-state index in [0.29, 0.717) is 12.6 Å². The zero-order chi connectivity index (χ0) is 13.4. The van der Waals surface area contributed by atoms with Gasteiger partial charge in [-0.25, -0.2) is 0 Å². The highest BCUT2D eigenvalue weighted by atomic mass is 16.5. The van der Waals surface area contributed by atoms with Crippen LogP contribution in [0.25, 0.3) is 10.9 Å². The largest absolute Gasteiger partial charge is 0.491 e. The first-order chi connectivity index (χ1) is 9.20. The van der Waals surface area contributed by atoms with Crippen LogP contribution in [0.5, 0.6) is 5.75 Å². The lowest BCUT2D eigenvalue weighted by molar-refractivity contribution is 0.190. The molecule has 1 aromatic heterocycles. The minimum Gasteiger partial charge on any atom is -0.491 e. The molecule has 19 heavy (non-hydrogen) atoms. The molecule has 1 atom stereocenters. The van der Waals surface area contributed by atoms with Crippen LogP contribution in [0.1, 0.15) is 11.1 Å². The summed E-state index contributed by atoms with van der Waals surface area (Å²) in [6, 6.07) is 4.22. The first kappa shape index (κ1) is 12.0. The van der Waals surface area contributed by atoms with E-state index < -0.39 is 0 Å². The summed E-state index contributed by atoms with van der Waals surface area (Å²) in [6.45, 7) is 0.632. The Labute approximate surface area is 111 Å². The lowest BCUT2D eigenvalue weighted by Crippen LogP contribution is -2.34. The van der Waals surface area contributed by atoms with Gasteiger partial charge in [-0.2, -0.15) is 0 Å². The molecule has 0 radical (unpaired) electrons. The summed E-state index contributed by atoms with van der Waals surface area (Å²) in [6.07, 6.45) is 4.40. The number of hydrogen-bond donors (Lipinski definition) is 2. The molecule has 0 aliphatic carbocycles. The van der Waals surface area contributed by atoms with Gasteiger partial charge in [0.05, 0.1) is 6.21 Å². The molecule has 1 unspecified atom stereocenters.